The summed E-state index contributed by atoms with van der Waals surface area (Å²) in [4.78, 5) is 25.7. The number of fused-ring (bicyclic) bond motifs is 1. The second-order valence-corrected chi connectivity index (χ2v) is 10.6. The third-order valence-corrected chi connectivity index (χ3v) is 7.37. The second-order valence-electron chi connectivity index (χ2n) is 10.6. The van der Waals surface area contributed by atoms with Crippen molar-refractivity contribution in [1.82, 2.24) is 9.88 Å². The van der Waals surface area contributed by atoms with Crippen LogP contribution in [0.5, 0.6) is 0 Å². The molecule has 1 heterocycles. The minimum absolute atomic E-state index is 0.228. The van der Waals surface area contributed by atoms with Gasteiger partial charge in [-0.25, -0.2) is 0 Å². The van der Waals surface area contributed by atoms with E-state index in [0.29, 0.717) is 30.3 Å². The molecule has 5 aromatic rings. The average Bonchev–Trinajstić information content (AvgIpc) is 3.24. The maximum atomic E-state index is 13.8. The summed E-state index contributed by atoms with van der Waals surface area (Å²) in [5, 5.41) is 13.6. The zero-order valence-electron chi connectivity index (χ0n) is 23.1. The predicted octanol–water partition coefficient (Wildman–Crippen LogP) is 5.30. The minimum atomic E-state index is -0.965. The molecule has 200 valence electrons. The number of nitrogens with zero attached hydrogens (tertiary/aromatic N) is 1. The monoisotopic (exact) mass is 528 g/mol. The van der Waals surface area contributed by atoms with E-state index in [4.69, 9.17) is 0 Å². The SMILES string of the molecule is Bc1ccc2c(c1)c(CC(=O)O)c(C(=O)NCc1ccc(-c3ccccc3)cc1)n2Cc1ccc(C(C)C)cc1. The largest absolute Gasteiger partial charge is 0.481 e. The van der Waals surface area contributed by atoms with Gasteiger partial charge in [0.1, 0.15) is 13.5 Å². The Hall–Kier alpha value is -4.58. The van der Waals surface area contributed by atoms with E-state index in [2.05, 4.69) is 55.6 Å². The topological polar surface area (TPSA) is 71.3 Å². The molecule has 4 aromatic carbocycles. The Kier molecular flexibility index (Phi) is 7.88. The fourth-order valence-corrected chi connectivity index (χ4v) is 5.19. The Morgan fingerprint density at radius 3 is 2.15 bits per heavy atom. The summed E-state index contributed by atoms with van der Waals surface area (Å²) < 4.78 is 1.96. The quantitative estimate of drug-likeness (QED) is 0.255. The Morgan fingerprint density at radius 1 is 0.850 bits per heavy atom. The molecular formula is C34H33BN2O3. The van der Waals surface area contributed by atoms with Crippen LogP contribution in [0, 0.1) is 0 Å². The van der Waals surface area contributed by atoms with E-state index in [0.717, 1.165) is 38.6 Å². The Labute approximate surface area is 235 Å². The lowest BCUT2D eigenvalue weighted by molar-refractivity contribution is -0.136. The van der Waals surface area contributed by atoms with Gasteiger partial charge in [0.05, 0.1) is 6.42 Å². The molecule has 0 bridgehead atoms. The zero-order valence-corrected chi connectivity index (χ0v) is 23.1. The van der Waals surface area contributed by atoms with Gasteiger partial charge in [0.15, 0.2) is 0 Å². The highest BCUT2D eigenvalue weighted by atomic mass is 16.4. The predicted molar refractivity (Wildman–Crippen MR) is 164 cm³/mol. The van der Waals surface area contributed by atoms with Gasteiger partial charge in [-0.15, -0.1) is 0 Å². The maximum Gasteiger partial charge on any atom is 0.307 e. The van der Waals surface area contributed by atoms with Gasteiger partial charge in [0, 0.05) is 29.6 Å². The van der Waals surface area contributed by atoms with E-state index in [1.54, 1.807) is 0 Å². The lowest BCUT2D eigenvalue weighted by atomic mass is 9.93. The molecule has 5 rings (SSSR count). The van der Waals surface area contributed by atoms with Crippen LogP contribution in [0.25, 0.3) is 22.0 Å². The number of benzene rings is 4. The van der Waals surface area contributed by atoms with Crippen LogP contribution in [0.4, 0.5) is 0 Å². The lowest BCUT2D eigenvalue weighted by Crippen LogP contribution is -2.27. The van der Waals surface area contributed by atoms with Gasteiger partial charge in [0.25, 0.3) is 5.91 Å². The first-order valence-electron chi connectivity index (χ1n) is 13.6. The molecule has 5 nitrogen and oxygen atoms in total. The maximum absolute atomic E-state index is 13.8. The molecule has 0 aliphatic carbocycles. The lowest BCUT2D eigenvalue weighted by Gasteiger charge is -2.14. The van der Waals surface area contributed by atoms with Crippen molar-refractivity contribution in [1.29, 1.82) is 0 Å². The molecule has 40 heavy (non-hydrogen) atoms. The summed E-state index contributed by atoms with van der Waals surface area (Å²) in [5.41, 5.74) is 8.33. The molecule has 0 saturated heterocycles. The van der Waals surface area contributed by atoms with Gasteiger partial charge in [-0.1, -0.05) is 110 Å². The molecule has 0 aliphatic rings. The van der Waals surface area contributed by atoms with E-state index < -0.39 is 5.97 Å². The number of aliphatic carboxylic acids is 1. The van der Waals surface area contributed by atoms with Crippen LogP contribution in [-0.4, -0.2) is 29.4 Å². The smallest absolute Gasteiger partial charge is 0.307 e. The number of hydrogen-bond acceptors (Lipinski definition) is 2. The van der Waals surface area contributed by atoms with Crippen molar-refractivity contribution >= 4 is 36.1 Å². The number of carboxylic acid groups (broad SMARTS) is 1. The number of amides is 1. The van der Waals surface area contributed by atoms with Crippen LogP contribution in [0.2, 0.25) is 0 Å². The molecular weight excluding hydrogens is 495 g/mol. The number of carboxylic acids is 1. The third-order valence-electron chi connectivity index (χ3n) is 7.37. The average molecular weight is 528 g/mol. The van der Waals surface area contributed by atoms with E-state index in [1.165, 1.54) is 5.56 Å². The van der Waals surface area contributed by atoms with Gasteiger partial charge in [-0.3, -0.25) is 9.59 Å². The number of rotatable bonds is 9. The Morgan fingerprint density at radius 2 is 1.50 bits per heavy atom. The van der Waals surface area contributed by atoms with Crippen molar-refractivity contribution in [2.45, 2.75) is 39.3 Å². The summed E-state index contributed by atoms with van der Waals surface area (Å²) >= 11 is 0. The van der Waals surface area contributed by atoms with Crippen molar-refractivity contribution in [2.75, 3.05) is 0 Å². The summed E-state index contributed by atoms with van der Waals surface area (Å²) in [6.45, 7) is 5.12. The van der Waals surface area contributed by atoms with Crippen molar-refractivity contribution in [3.05, 3.63) is 125 Å². The van der Waals surface area contributed by atoms with E-state index in [1.807, 2.05) is 73.1 Å². The second kappa shape index (κ2) is 11.7. The van der Waals surface area contributed by atoms with Crippen LogP contribution < -0.4 is 10.8 Å². The molecule has 1 amide bonds. The van der Waals surface area contributed by atoms with Gasteiger partial charge in [0.2, 0.25) is 0 Å². The van der Waals surface area contributed by atoms with E-state index >= 15 is 0 Å². The molecule has 0 spiro atoms. The molecule has 0 radical (unpaired) electrons. The number of aromatic nitrogens is 1. The van der Waals surface area contributed by atoms with Crippen molar-refractivity contribution in [3.63, 3.8) is 0 Å². The molecule has 0 aliphatic heterocycles. The fraction of sp³-hybridized carbons (Fsp3) is 0.176. The van der Waals surface area contributed by atoms with Gasteiger partial charge >= 0.3 is 5.97 Å². The first kappa shape index (κ1) is 27.0. The molecule has 0 saturated carbocycles. The zero-order chi connectivity index (χ0) is 28.2. The van der Waals surface area contributed by atoms with Gasteiger partial charge in [-0.2, -0.15) is 0 Å². The summed E-state index contributed by atoms with van der Waals surface area (Å²) in [6.07, 6.45) is -0.228. The van der Waals surface area contributed by atoms with Gasteiger partial charge < -0.3 is 15.0 Å². The Balaban J connectivity index is 1.48. The highest BCUT2D eigenvalue weighted by molar-refractivity contribution is 6.33. The first-order chi connectivity index (χ1) is 19.3. The first-order valence-corrected chi connectivity index (χ1v) is 13.6. The Bertz CT molecular complexity index is 1650. The van der Waals surface area contributed by atoms with Crippen LogP contribution in [0.1, 0.15) is 52.5 Å². The van der Waals surface area contributed by atoms with Crippen LogP contribution in [0.15, 0.2) is 97.1 Å². The number of hydrogen-bond donors (Lipinski definition) is 2. The number of carbonyl (C=O) groups is 2. The van der Waals surface area contributed by atoms with Gasteiger partial charge in [-0.05, 0) is 39.8 Å². The number of carbonyl (C=O) groups excluding carboxylic acids is 1. The highest BCUT2D eigenvalue weighted by Gasteiger charge is 2.24. The number of nitrogens with one attached hydrogen (secondary N) is 1. The minimum Gasteiger partial charge on any atom is -0.481 e. The van der Waals surface area contributed by atoms with Crippen LogP contribution in [-0.2, 0) is 24.3 Å². The molecule has 2 N–H and O–H groups in total. The summed E-state index contributed by atoms with van der Waals surface area (Å²) in [5.74, 6) is -0.821. The molecule has 1 aromatic heterocycles. The third kappa shape index (κ3) is 5.86. The van der Waals surface area contributed by atoms with Crippen LogP contribution in [0.3, 0.4) is 0 Å². The summed E-state index contributed by atoms with van der Waals surface area (Å²) in [6, 6.07) is 32.6. The van der Waals surface area contributed by atoms with E-state index in [9.17, 15) is 14.7 Å². The van der Waals surface area contributed by atoms with Crippen molar-refractivity contribution in [3.8, 4) is 11.1 Å². The highest BCUT2D eigenvalue weighted by Crippen LogP contribution is 2.28. The fourth-order valence-electron chi connectivity index (χ4n) is 5.19. The van der Waals surface area contributed by atoms with E-state index in [-0.39, 0.29) is 12.3 Å². The van der Waals surface area contributed by atoms with Crippen molar-refractivity contribution in [2.24, 2.45) is 0 Å². The molecule has 0 atom stereocenters. The molecule has 0 fully saturated rings. The normalized spacial score (nSPS) is 11.2. The standard InChI is InChI=1S/C34H33BN2O3/c1-22(2)25-12-10-24(11-13-25)21-37-31-17-16-28(35)18-29(31)30(19-32(38)39)33(37)34(40)36-20-23-8-14-27(15-9-23)26-6-4-3-5-7-26/h3-18,22H,19-21,35H2,1-2H3,(H,36,40)(H,38,39). The molecule has 6 heteroatoms. The van der Waals surface area contributed by atoms with Crippen molar-refractivity contribution < 1.29 is 14.7 Å². The molecule has 0 unspecified atom stereocenters. The van der Waals surface area contributed by atoms with Crippen LogP contribution >= 0.6 is 0 Å². The summed E-state index contributed by atoms with van der Waals surface area (Å²) in [7, 11) is 1.98.